The van der Waals surface area contributed by atoms with Crippen molar-refractivity contribution in [2.24, 2.45) is 0 Å². The van der Waals surface area contributed by atoms with Gasteiger partial charge in [-0.05, 0) is 43.4 Å². The van der Waals surface area contributed by atoms with Gasteiger partial charge < -0.3 is 0 Å². The first-order valence-electron chi connectivity index (χ1n) is 6.40. The van der Waals surface area contributed by atoms with Crippen LogP contribution in [0.2, 0.25) is 5.02 Å². The van der Waals surface area contributed by atoms with E-state index in [1.54, 1.807) is 0 Å². The van der Waals surface area contributed by atoms with Crippen molar-refractivity contribution in [2.75, 3.05) is 0 Å². The third kappa shape index (κ3) is 2.13. The van der Waals surface area contributed by atoms with E-state index in [0.29, 0.717) is 5.78 Å². The molecule has 0 N–H and O–H groups in total. The molecule has 1 aromatic carbocycles. The predicted molar refractivity (Wildman–Crippen MR) is 71.6 cm³/mol. The number of rotatable bonds is 2. The summed E-state index contributed by atoms with van der Waals surface area (Å²) >= 11 is 6.06. The van der Waals surface area contributed by atoms with Crippen molar-refractivity contribution in [2.45, 2.75) is 51.4 Å². The summed E-state index contributed by atoms with van der Waals surface area (Å²) in [7, 11) is 0. The van der Waals surface area contributed by atoms with E-state index >= 15 is 0 Å². The van der Waals surface area contributed by atoms with Gasteiger partial charge in [0.15, 0.2) is 0 Å². The highest BCUT2D eigenvalue weighted by atomic mass is 35.5. The van der Waals surface area contributed by atoms with Gasteiger partial charge in [0.05, 0.1) is 5.41 Å². The Balaban J connectivity index is 2.46. The molecule has 1 aliphatic carbocycles. The number of carbonyl (C=O) groups excluding carboxylic acids is 1. The first-order chi connectivity index (χ1) is 8.10. The topological polar surface area (TPSA) is 17.1 Å². The Morgan fingerprint density at radius 2 is 2.12 bits per heavy atom. The van der Waals surface area contributed by atoms with E-state index in [1.807, 2.05) is 19.1 Å². The van der Waals surface area contributed by atoms with Crippen molar-refractivity contribution >= 4 is 17.4 Å². The second-order valence-corrected chi connectivity index (χ2v) is 5.44. The van der Waals surface area contributed by atoms with E-state index in [0.717, 1.165) is 48.3 Å². The molecule has 2 heteroatoms. The van der Waals surface area contributed by atoms with Crippen LogP contribution in [-0.4, -0.2) is 5.78 Å². The predicted octanol–water partition coefficient (Wildman–Crippen LogP) is 4.44. The van der Waals surface area contributed by atoms with Gasteiger partial charge in [0.1, 0.15) is 5.78 Å². The third-order valence-electron chi connectivity index (χ3n) is 4.11. The molecule has 0 aliphatic heterocycles. The minimum absolute atomic E-state index is 0.242. The highest BCUT2D eigenvalue weighted by molar-refractivity contribution is 6.31. The van der Waals surface area contributed by atoms with Crippen molar-refractivity contribution in [3.63, 3.8) is 0 Å². The van der Waals surface area contributed by atoms with Crippen LogP contribution in [0, 0.1) is 6.92 Å². The first-order valence-corrected chi connectivity index (χ1v) is 6.78. The quantitative estimate of drug-likeness (QED) is 0.759. The Labute approximate surface area is 108 Å². The summed E-state index contributed by atoms with van der Waals surface area (Å²) in [6.07, 6.45) is 4.82. The number of carbonyl (C=O) groups is 1. The molecule has 1 atom stereocenters. The number of aryl methyl sites for hydroxylation is 1. The average molecular weight is 251 g/mol. The van der Waals surface area contributed by atoms with Gasteiger partial charge in [0.2, 0.25) is 0 Å². The molecule has 2 rings (SSSR count). The summed E-state index contributed by atoms with van der Waals surface area (Å²) < 4.78 is 0. The van der Waals surface area contributed by atoms with Crippen molar-refractivity contribution < 1.29 is 4.79 Å². The molecule has 0 spiro atoms. The molecule has 0 aromatic heterocycles. The summed E-state index contributed by atoms with van der Waals surface area (Å²) in [4.78, 5) is 12.3. The largest absolute Gasteiger partial charge is 0.299 e. The molecule has 1 saturated carbocycles. The fourth-order valence-corrected chi connectivity index (χ4v) is 3.03. The summed E-state index contributed by atoms with van der Waals surface area (Å²) in [5, 5.41) is 0.781. The second kappa shape index (κ2) is 4.81. The smallest absolute Gasteiger partial charge is 0.143 e. The maximum Gasteiger partial charge on any atom is 0.143 e. The molecule has 1 fully saturated rings. The number of hydrogen-bond donors (Lipinski definition) is 0. The fourth-order valence-electron chi connectivity index (χ4n) is 2.92. The summed E-state index contributed by atoms with van der Waals surface area (Å²) in [5.74, 6) is 0.410. The highest BCUT2D eigenvalue weighted by Crippen LogP contribution is 2.40. The molecule has 1 unspecified atom stereocenters. The van der Waals surface area contributed by atoms with Gasteiger partial charge in [0, 0.05) is 11.4 Å². The Morgan fingerprint density at radius 1 is 1.35 bits per heavy atom. The number of hydrogen-bond acceptors (Lipinski definition) is 1. The van der Waals surface area contributed by atoms with Crippen LogP contribution in [0.15, 0.2) is 18.2 Å². The molecule has 17 heavy (non-hydrogen) atoms. The molecule has 92 valence electrons. The monoisotopic (exact) mass is 250 g/mol. The van der Waals surface area contributed by atoms with Crippen molar-refractivity contribution in [1.82, 2.24) is 0 Å². The SMILES string of the molecule is CCC1(c2ccc(Cl)c(C)c2)CCCCC1=O. The molecule has 1 aliphatic rings. The van der Waals surface area contributed by atoms with Gasteiger partial charge in [-0.3, -0.25) is 4.79 Å². The number of ketones is 1. The fraction of sp³-hybridized carbons (Fsp3) is 0.533. The molecule has 0 radical (unpaired) electrons. The third-order valence-corrected chi connectivity index (χ3v) is 4.53. The molecular weight excluding hydrogens is 232 g/mol. The van der Waals surface area contributed by atoms with Crippen LogP contribution in [0.25, 0.3) is 0 Å². The minimum atomic E-state index is -0.242. The van der Waals surface area contributed by atoms with Gasteiger partial charge >= 0.3 is 0 Å². The molecule has 0 heterocycles. The summed E-state index contributed by atoms with van der Waals surface area (Å²) in [6.45, 7) is 4.12. The minimum Gasteiger partial charge on any atom is -0.299 e. The maximum atomic E-state index is 12.3. The highest BCUT2D eigenvalue weighted by Gasteiger charge is 2.39. The Hall–Kier alpha value is -0.820. The Morgan fingerprint density at radius 3 is 2.71 bits per heavy atom. The summed E-state index contributed by atoms with van der Waals surface area (Å²) in [5.41, 5.74) is 1.98. The molecule has 1 nitrogen and oxygen atoms in total. The maximum absolute atomic E-state index is 12.3. The number of Topliss-reactive ketones (excluding diaryl/α,β-unsaturated/α-hetero) is 1. The van der Waals surface area contributed by atoms with Crippen LogP contribution in [0.1, 0.15) is 50.2 Å². The molecule has 0 amide bonds. The molecule has 0 saturated heterocycles. The lowest BCUT2D eigenvalue weighted by Crippen LogP contribution is -2.38. The van der Waals surface area contributed by atoms with Crippen molar-refractivity contribution in [3.8, 4) is 0 Å². The number of benzene rings is 1. The summed E-state index contributed by atoms with van der Waals surface area (Å²) in [6, 6.07) is 6.04. The first kappa shape index (κ1) is 12.6. The van der Waals surface area contributed by atoms with Crippen LogP contribution < -0.4 is 0 Å². The van der Waals surface area contributed by atoms with Gasteiger partial charge in [-0.1, -0.05) is 37.1 Å². The second-order valence-electron chi connectivity index (χ2n) is 5.03. The lowest BCUT2D eigenvalue weighted by atomic mass is 9.67. The average Bonchev–Trinajstić information content (AvgIpc) is 2.34. The lowest BCUT2D eigenvalue weighted by molar-refractivity contribution is -0.126. The van der Waals surface area contributed by atoms with Crippen LogP contribution >= 0.6 is 11.6 Å². The van der Waals surface area contributed by atoms with Crippen LogP contribution in [0.4, 0.5) is 0 Å². The lowest BCUT2D eigenvalue weighted by Gasteiger charge is -2.35. The van der Waals surface area contributed by atoms with E-state index < -0.39 is 0 Å². The van der Waals surface area contributed by atoms with E-state index in [-0.39, 0.29) is 5.41 Å². The molecule has 1 aromatic rings. The van der Waals surface area contributed by atoms with Crippen molar-refractivity contribution in [1.29, 1.82) is 0 Å². The van der Waals surface area contributed by atoms with E-state index in [2.05, 4.69) is 13.0 Å². The standard InChI is InChI=1S/C15H19ClO/c1-3-15(9-5-4-6-14(15)17)12-7-8-13(16)11(2)10-12/h7-8,10H,3-6,9H2,1-2H3. The Bertz CT molecular complexity index is 439. The van der Waals surface area contributed by atoms with Crippen molar-refractivity contribution in [3.05, 3.63) is 34.3 Å². The van der Waals surface area contributed by atoms with E-state index in [1.165, 1.54) is 0 Å². The Kier molecular flexibility index (Phi) is 3.58. The zero-order chi connectivity index (χ0) is 12.5. The van der Waals surface area contributed by atoms with E-state index in [4.69, 9.17) is 11.6 Å². The normalized spacial score (nSPS) is 25.0. The zero-order valence-corrected chi connectivity index (χ0v) is 11.3. The van der Waals surface area contributed by atoms with Gasteiger partial charge in [-0.25, -0.2) is 0 Å². The van der Waals surface area contributed by atoms with E-state index in [9.17, 15) is 4.79 Å². The molecular formula is C15H19ClO. The number of halogens is 1. The van der Waals surface area contributed by atoms with Crippen LogP contribution in [-0.2, 0) is 10.2 Å². The zero-order valence-electron chi connectivity index (χ0n) is 10.6. The van der Waals surface area contributed by atoms with Crippen LogP contribution in [0.3, 0.4) is 0 Å². The van der Waals surface area contributed by atoms with Crippen LogP contribution in [0.5, 0.6) is 0 Å². The van der Waals surface area contributed by atoms with Gasteiger partial charge in [0.25, 0.3) is 0 Å². The van der Waals surface area contributed by atoms with Gasteiger partial charge in [-0.15, -0.1) is 0 Å². The molecule has 0 bridgehead atoms. The van der Waals surface area contributed by atoms with Gasteiger partial charge in [-0.2, -0.15) is 0 Å².